The molecular weight excluding hydrogens is 560 g/mol. The molecule has 0 radical (unpaired) electrons. The zero-order valence-electron chi connectivity index (χ0n) is 23.7. The predicted octanol–water partition coefficient (Wildman–Crippen LogP) is 6.83. The van der Waals surface area contributed by atoms with Crippen molar-refractivity contribution in [1.29, 1.82) is 21.0 Å². The molecule has 0 unspecified atom stereocenters. The smallest absolute Gasteiger partial charge is 0.263 e. The lowest BCUT2D eigenvalue weighted by Crippen LogP contribution is -2.24. The van der Waals surface area contributed by atoms with Gasteiger partial charge < -0.3 is 4.57 Å². The van der Waals surface area contributed by atoms with Gasteiger partial charge in [0.15, 0.2) is 0 Å². The summed E-state index contributed by atoms with van der Waals surface area (Å²) >= 11 is 0. The van der Waals surface area contributed by atoms with Crippen molar-refractivity contribution in [3.8, 4) is 52.2 Å². The highest BCUT2D eigenvalue weighted by atomic mass is 16.2. The molecule has 0 spiro atoms. The fraction of sp³-hybridized carbons (Fsp3) is 0.0270. The Kier molecular flexibility index (Phi) is 6.01. The summed E-state index contributed by atoms with van der Waals surface area (Å²) in [6, 6.07) is 35.1. The lowest BCUT2D eigenvalue weighted by molar-refractivity contribution is 0.0693. The molecule has 0 atom stereocenters. The molecule has 45 heavy (non-hydrogen) atoms. The van der Waals surface area contributed by atoms with E-state index < -0.39 is 11.8 Å². The number of fused-ring (bicyclic) bond motifs is 4. The molecule has 1 aromatic heterocycles. The molecule has 5 aromatic carbocycles. The van der Waals surface area contributed by atoms with Crippen molar-refractivity contribution in [2.24, 2.45) is 0 Å². The van der Waals surface area contributed by atoms with Crippen LogP contribution in [-0.4, -0.2) is 28.3 Å². The van der Waals surface area contributed by atoms with Crippen LogP contribution in [-0.2, 0) is 0 Å². The first-order valence-electron chi connectivity index (χ1n) is 13.8. The van der Waals surface area contributed by atoms with Gasteiger partial charge in [-0.05, 0) is 59.7 Å². The van der Waals surface area contributed by atoms with Crippen molar-refractivity contribution in [2.45, 2.75) is 0 Å². The van der Waals surface area contributed by atoms with E-state index >= 15 is 0 Å². The summed E-state index contributed by atoms with van der Waals surface area (Å²) in [6.07, 6.45) is 0. The number of nitriles is 4. The van der Waals surface area contributed by atoms with Gasteiger partial charge in [0.1, 0.15) is 0 Å². The molecule has 1 aliphatic rings. The number of carbonyl (C=O) groups excluding carboxylic acids is 2. The highest BCUT2D eigenvalue weighted by Crippen LogP contribution is 2.44. The van der Waals surface area contributed by atoms with E-state index in [-0.39, 0.29) is 11.1 Å². The van der Waals surface area contributed by atoms with Crippen molar-refractivity contribution < 1.29 is 9.59 Å². The third kappa shape index (κ3) is 3.96. The first-order chi connectivity index (χ1) is 21.9. The van der Waals surface area contributed by atoms with Crippen LogP contribution in [0.5, 0.6) is 0 Å². The average Bonchev–Trinajstić information content (AvgIpc) is 3.54. The summed E-state index contributed by atoms with van der Waals surface area (Å²) in [5.74, 6) is -0.842. The summed E-state index contributed by atoms with van der Waals surface area (Å²) in [5.41, 5.74) is 6.36. The van der Waals surface area contributed by atoms with Crippen LogP contribution in [0.1, 0.15) is 43.0 Å². The van der Waals surface area contributed by atoms with E-state index in [1.165, 1.54) is 19.2 Å². The Labute approximate surface area is 257 Å². The van der Waals surface area contributed by atoms with E-state index in [2.05, 4.69) is 24.3 Å². The summed E-state index contributed by atoms with van der Waals surface area (Å²) in [7, 11) is 1.45. The van der Waals surface area contributed by atoms with E-state index in [0.29, 0.717) is 61.2 Å². The largest absolute Gasteiger partial charge is 0.307 e. The van der Waals surface area contributed by atoms with Crippen molar-refractivity contribution in [3.63, 3.8) is 0 Å². The molecule has 0 fully saturated rings. The van der Waals surface area contributed by atoms with Crippen LogP contribution in [0, 0.1) is 45.3 Å². The fourth-order valence-electron chi connectivity index (χ4n) is 6.22. The molecule has 0 saturated carbocycles. The van der Waals surface area contributed by atoms with Crippen LogP contribution >= 0.6 is 0 Å². The molecule has 1 aliphatic heterocycles. The van der Waals surface area contributed by atoms with Gasteiger partial charge in [-0.2, -0.15) is 21.0 Å². The van der Waals surface area contributed by atoms with Crippen LogP contribution in [0.4, 0.5) is 0 Å². The van der Waals surface area contributed by atoms with Crippen molar-refractivity contribution in [1.82, 2.24) is 9.47 Å². The standard InChI is InChI=1S/C37H18N6O2/c1-42-36(44)31-9-4-10-32(33(31)37(42)45)43-34-27(25-13-21(17-38)11-22(14-25)18-39)5-2-7-29(34)30-8-3-6-28(35(30)43)26-15-23(19-40)12-24(16-26)20-41/h2-16H,1H3. The SMILES string of the molecule is CN1C(=O)c2cccc(-n3c4c(-c5cc(C#N)cc(C#N)c5)cccc4c4cccc(-c5cc(C#N)cc(C#N)c5)c43)c2C1=O. The second-order valence-electron chi connectivity index (χ2n) is 10.7. The number of benzene rings is 5. The van der Waals surface area contributed by atoms with Gasteiger partial charge in [0, 0.05) is 28.9 Å². The Balaban J connectivity index is 1.71. The van der Waals surface area contributed by atoms with E-state index in [9.17, 15) is 30.6 Å². The number of rotatable bonds is 3. The second kappa shape index (κ2) is 10.1. The zero-order valence-corrected chi connectivity index (χ0v) is 23.7. The minimum atomic E-state index is -0.438. The maximum Gasteiger partial charge on any atom is 0.263 e. The Bertz CT molecular complexity index is 2300. The molecule has 0 saturated heterocycles. The summed E-state index contributed by atoms with van der Waals surface area (Å²) in [5, 5.41) is 40.6. The summed E-state index contributed by atoms with van der Waals surface area (Å²) < 4.78 is 1.94. The van der Waals surface area contributed by atoms with Gasteiger partial charge in [-0.1, -0.05) is 42.5 Å². The molecule has 8 nitrogen and oxygen atoms in total. The van der Waals surface area contributed by atoms with Crippen molar-refractivity contribution >= 4 is 33.6 Å². The number of aromatic nitrogens is 1. The minimum absolute atomic E-state index is 0.250. The van der Waals surface area contributed by atoms with E-state index in [1.54, 1.807) is 42.5 Å². The van der Waals surface area contributed by atoms with Crippen LogP contribution in [0.25, 0.3) is 49.7 Å². The highest BCUT2D eigenvalue weighted by molar-refractivity contribution is 6.24. The van der Waals surface area contributed by atoms with Gasteiger partial charge in [0.05, 0.1) is 74.4 Å². The predicted molar refractivity (Wildman–Crippen MR) is 167 cm³/mol. The third-order valence-corrected chi connectivity index (χ3v) is 8.15. The lowest BCUT2D eigenvalue weighted by atomic mass is 9.97. The molecule has 0 aliphatic carbocycles. The normalized spacial score (nSPS) is 12.1. The number of carbonyl (C=O) groups is 2. The maximum absolute atomic E-state index is 13.6. The van der Waals surface area contributed by atoms with Gasteiger partial charge >= 0.3 is 0 Å². The molecule has 7 rings (SSSR count). The number of nitrogens with zero attached hydrogens (tertiary/aromatic N) is 6. The topological polar surface area (TPSA) is 137 Å². The Morgan fingerprint density at radius 1 is 0.533 bits per heavy atom. The number of amides is 2. The molecule has 8 heteroatoms. The molecule has 0 bridgehead atoms. The van der Waals surface area contributed by atoms with Gasteiger partial charge in [-0.25, -0.2) is 0 Å². The second-order valence-corrected chi connectivity index (χ2v) is 10.7. The summed E-state index contributed by atoms with van der Waals surface area (Å²) in [4.78, 5) is 27.8. The van der Waals surface area contributed by atoms with E-state index in [0.717, 1.165) is 15.7 Å². The van der Waals surface area contributed by atoms with Crippen LogP contribution in [0.3, 0.4) is 0 Å². The van der Waals surface area contributed by atoms with Crippen molar-refractivity contribution in [3.05, 3.63) is 124 Å². The minimum Gasteiger partial charge on any atom is -0.307 e. The quantitative estimate of drug-likeness (QED) is 0.211. The third-order valence-electron chi connectivity index (χ3n) is 8.15. The number of imide groups is 1. The lowest BCUT2D eigenvalue weighted by Gasteiger charge is -2.16. The maximum atomic E-state index is 13.6. The Hall–Kier alpha value is -7.00. The van der Waals surface area contributed by atoms with Gasteiger partial charge in [0.25, 0.3) is 11.8 Å². The fourth-order valence-corrected chi connectivity index (χ4v) is 6.22. The van der Waals surface area contributed by atoms with E-state index in [4.69, 9.17) is 0 Å². The Morgan fingerprint density at radius 2 is 0.956 bits per heavy atom. The Morgan fingerprint density at radius 3 is 1.40 bits per heavy atom. The molecule has 0 N–H and O–H groups in total. The molecular formula is C37H18N6O2. The number of hydrogen-bond acceptors (Lipinski definition) is 6. The number of hydrogen-bond donors (Lipinski definition) is 0. The van der Waals surface area contributed by atoms with Gasteiger partial charge in [-0.15, -0.1) is 0 Å². The monoisotopic (exact) mass is 578 g/mol. The first-order valence-corrected chi connectivity index (χ1v) is 13.8. The summed E-state index contributed by atoms with van der Waals surface area (Å²) in [6.45, 7) is 0. The van der Waals surface area contributed by atoms with Crippen LogP contribution in [0.2, 0.25) is 0 Å². The van der Waals surface area contributed by atoms with Crippen LogP contribution < -0.4 is 0 Å². The van der Waals surface area contributed by atoms with Crippen LogP contribution in [0.15, 0.2) is 91.0 Å². The van der Waals surface area contributed by atoms with E-state index in [1.807, 2.05) is 41.0 Å². The average molecular weight is 579 g/mol. The molecule has 2 heterocycles. The molecule has 2 amide bonds. The highest BCUT2D eigenvalue weighted by Gasteiger charge is 2.36. The zero-order chi connectivity index (χ0) is 31.4. The first kappa shape index (κ1) is 26.9. The van der Waals surface area contributed by atoms with Gasteiger partial charge in [-0.3, -0.25) is 14.5 Å². The molecule has 208 valence electrons. The van der Waals surface area contributed by atoms with Gasteiger partial charge in [0.2, 0.25) is 0 Å². The molecule has 6 aromatic rings. The number of para-hydroxylation sites is 2. The van der Waals surface area contributed by atoms with Crippen molar-refractivity contribution in [2.75, 3.05) is 7.05 Å².